The largest absolute Gasteiger partial charge is 0.328 e. The molecule has 3 nitrogen and oxygen atoms in total. The Hall–Kier alpha value is -0.650. The molecule has 0 amide bonds. The SMILES string of the molecule is NCc1sc2cc[nH]c(=O)c2c1Br. The van der Waals surface area contributed by atoms with E-state index in [9.17, 15) is 4.79 Å². The topological polar surface area (TPSA) is 58.9 Å². The van der Waals surface area contributed by atoms with E-state index in [1.54, 1.807) is 17.5 Å². The summed E-state index contributed by atoms with van der Waals surface area (Å²) in [6, 6.07) is 1.88. The third-order valence-electron chi connectivity index (χ3n) is 1.81. The molecule has 2 heterocycles. The van der Waals surface area contributed by atoms with Gasteiger partial charge < -0.3 is 10.7 Å². The van der Waals surface area contributed by atoms with Crippen LogP contribution in [0.3, 0.4) is 0 Å². The highest BCUT2D eigenvalue weighted by atomic mass is 79.9. The van der Waals surface area contributed by atoms with E-state index < -0.39 is 0 Å². The number of pyridine rings is 1. The molecular weight excluding hydrogens is 252 g/mol. The summed E-state index contributed by atoms with van der Waals surface area (Å²) in [5.74, 6) is 0. The van der Waals surface area contributed by atoms with Crippen molar-refractivity contribution in [1.29, 1.82) is 0 Å². The maximum atomic E-state index is 11.4. The number of nitrogens with one attached hydrogen (secondary N) is 1. The molecular formula is C8H7BrN2OS. The Bertz CT molecular complexity index is 502. The molecule has 0 spiro atoms. The highest BCUT2D eigenvalue weighted by molar-refractivity contribution is 9.10. The summed E-state index contributed by atoms with van der Waals surface area (Å²) in [7, 11) is 0. The van der Waals surface area contributed by atoms with Crippen LogP contribution in [0.5, 0.6) is 0 Å². The van der Waals surface area contributed by atoms with Crippen molar-refractivity contribution < 1.29 is 0 Å². The maximum Gasteiger partial charge on any atom is 0.257 e. The van der Waals surface area contributed by atoms with Gasteiger partial charge in [-0.2, -0.15) is 0 Å². The van der Waals surface area contributed by atoms with Crippen LogP contribution in [0.25, 0.3) is 10.1 Å². The van der Waals surface area contributed by atoms with E-state index in [0.717, 1.165) is 14.0 Å². The monoisotopic (exact) mass is 258 g/mol. The van der Waals surface area contributed by atoms with Crippen molar-refractivity contribution in [3.63, 3.8) is 0 Å². The number of hydrogen-bond acceptors (Lipinski definition) is 3. The number of rotatable bonds is 1. The van der Waals surface area contributed by atoms with Gasteiger partial charge in [-0.15, -0.1) is 11.3 Å². The van der Waals surface area contributed by atoms with Crippen LogP contribution < -0.4 is 11.3 Å². The molecule has 0 aromatic carbocycles. The van der Waals surface area contributed by atoms with Gasteiger partial charge in [0.25, 0.3) is 5.56 Å². The Morgan fingerprint density at radius 3 is 3.00 bits per heavy atom. The van der Waals surface area contributed by atoms with Gasteiger partial charge in [-0.1, -0.05) is 0 Å². The summed E-state index contributed by atoms with van der Waals surface area (Å²) in [5.41, 5.74) is 5.46. The van der Waals surface area contributed by atoms with Crippen molar-refractivity contribution in [3.8, 4) is 0 Å². The lowest BCUT2D eigenvalue weighted by Gasteiger charge is -1.89. The lowest BCUT2D eigenvalue weighted by Crippen LogP contribution is -2.03. The van der Waals surface area contributed by atoms with Gasteiger partial charge >= 0.3 is 0 Å². The van der Waals surface area contributed by atoms with E-state index >= 15 is 0 Å². The summed E-state index contributed by atoms with van der Waals surface area (Å²) < 4.78 is 1.80. The first kappa shape index (κ1) is 8.93. The van der Waals surface area contributed by atoms with Gasteiger partial charge in [0.1, 0.15) is 0 Å². The molecule has 0 bridgehead atoms. The molecule has 3 N–H and O–H groups in total. The smallest absolute Gasteiger partial charge is 0.257 e. The van der Waals surface area contributed by atoms with Gasteiger partial charge in [-0.3, -0.25) is 4.79 Å². The molecule has 0 saturated carbocycles. The minimum Gasteiger partial charge on any atom is -0.328 e. The summed E-state index contributed by atoms with van der Waals surface area (Å²) >= 11 is 4.92. The second-order valence-electron chi connectivity index (χ2n) is 2.59. The number of nitrogens with two attached hydrogens (primary N) is 1. The Morgan fingerprint density at radius 2 is 2.38 bits per heavy atom. The van der Waals surface area contributed by atoms with Gasteiger partial charge in [-0.25, -0.2) is 0 Å². The number of hydrogen-bond donors (Lipinski definition) is 2. The van der Waals surface area contributed by atoms with E-state index in [1.165, 1.54) is 0 Å². The average molecular weight is 259 g/mol. The van der Waals surface area contributed by atoms with Gasteiger partial charge in [0.05, 0.1) is 5.39 Å². The Kier molecular flexibility index (Phi) is 2.23. The number of thiophene rings is 1. The normalized spacial score (nSPS) is 10.9. The van der Waals surface area contributed by atoms with Crippen LogP contribution in [0.1, 0.15) is 4.88 Å². The summed E-state index contributed by atoms with van der Waals surface area (Å²) in [6.07, 6.45) is 1.65. The summed E-state index contributed by atoms with van der Waals surface area (Å²) in [6.45, 7) is 0.458. The molecule has 0 radical (unpaired) electrons. The Morgan fingerprint density at radius 1 is 1.62 bits per heavy atom. The number of aromatic amines is 1. The number of halogens is 1. The van der Waals surface area contributed by atoms with Crippen molar-refractivity contribution in [2.24, 2.45) is 5.73 Å². The first-order chi connectivity index (χ1) is 6.24. The van der Waals surface area contributed by atoms with Gasteiger partial charge in [0.15, 0.2) is 0 Å². The van der Waals surface area contributed by atoms with E-state index in [4.69, 9.17) is 5.73 Å². The molecule has 13 heavy (non-hydrogen) atoms. The van der Waals surface area contributed by atoms with Gasteiger partial charge in [-0.05, 0) is 22.0 Å². The molecule has 68 valence electrons. The van der Waals surface area contributed by atoms with Crippen LogP contribution in [-0.4, -0.2) is 4.98 Å². The third kappa shape index (κ3) is 1.33. The molecule has 5 heteroatoms. The van der Waals surface area contributed by atoms with Gasteiger partial charge in [0.2, 0.25) is 0 Å². The fourth-order valence-electron chi connectivity index (χ4n) is 1.20. The zero-order chi connectivity index (χ0) is 9.42. The minimum absolute atomic E-state index is 0.0691. The predicted molar refractivity (Wildman–Crippen MR) is 58.0 cm³/mol. The fraction of sp³-hybridized carbons (Fsp3) is 0.125. The quantitative estimate of drug-likeness (QED) is 0.820. The zero-order valence-corrected chi connectivity index (χ0v) is 9.04. The molecule has 2 aromatic heterocycles. The first-order valence-corrected chi connectivity index (χ1v) is 5.33. The molecule has 0 saturated heterocycles. The molecule has 0 aliphatic heterocycles. The standard InChI is InChI=1S/C8H7BrN2OS/c9-7-5(3-10)13-4-1-2-11-8(12)6(4)7/h1-2H,3,10H2,(H,11,12). The molecule has 0 fully saturated rings. The van der Waals surface area contributed by atoms with Crippen LogP contribution in [0.15, 0.2) is 21.5 Å². The zero-order valence-electron chi connectivity index (χ0n) is 6.63. The first-order valence-electron chi connectivity index (χ1n) is 3.72. The van der Waals surface area contributed by atoms with Crippen LogP contribution in [0, 0.1) is 0 Å². The number of H-pyrrole nitrogens is 1. The summed E-state index contributed by atoms with van der Waals surface area (Å²) in [5, 5.41) is 0.702. The molecule has 2 aromatic rings. The molecule has 0 aliphatic rings. The Labute approximate surface area is 86.7 Å². The van der Waals surface area contributed by atoms with Crippen molar-refractivity contribution in [1.82, 2.24) is 4.98 Å². The van der Waals surface area contributed by atoms with E-state index in [0.29, 0.717) is 11.9 Å². The minimum atomic E-state index is -0.0691. The highest BCUT2D eigenvalue weighted by Gasteiger charge is 2.10. The van der Waals surface area contributed by atoms with Crippen LogP contribution in [-0.2, 0) is 6.54 Å². The molecule has 0 unspecified atom stereocenters. The molecule has 0 aliphatic carbocycles. The predicted octanol–water partition coefficient (Wildman–Crippen LogP) is 1.81. The molecule has 2 rings (SSSR count). The second kappa shape index (κ2) is 3.25. The fourth-order valence-corrected chi connectivity index (χ4v) is 3.10. The second-order valence-corrected chi connectivity index (χ2v) is 4.52. The van der Waals surface area contributed by atoms with E-state index in [1.807, 2.05) is 6.07 Å². The number of aromatic nitrogens is 1. The summed E-state index contributed by atoms with van der Waals surface area (Å²) in [4.78, 5) is 15.0. The van der Waals surface area contributed by atoms with E-state index in [-0.39, 0.29) is 5.56 Å². The van der Waals surface area contributed by atoms with E-state index in [2.05, 4.69) is 20.9 Å². The van der Waals surface area contributed by atoms with Crippen LogP contribution >= 0.6 is 27.3 Å². The van der Waals surface area contributed by atoms with Crippen molar-refractivity contribution >= 4 is 37.4 Å². The molecule has 0 atom stereocenters. The lowest BCUT2D eigenvalue weighted by atomic mass is 10.3. The lowest BCUT2D eigenvalue weighted by molar-refractivity contribution is 1.10. The Balaban J connectivity index is 2.93. The van der Waals surface area contributed by atoms with Crippen LogP contribution in [0.2, 0.25) is 0 Å². The van der Waals surface area contributed by atoms with Crippen molar-refractivity contribution in [3.05, 3.63) is 32.0 Å². The highest BCUT2D eigenvalue weighted by Crippen LogP contribution is 2.32. The van der Waals surface area contributed by atoms with Crippen LogP contribution in [0.4, 0.5) is 0 Å². The van der Waals surface area contributed by atoms with Gasteiger partial charge in [0, 0.05) is 26.8 Å². The number of fused-ring (bicyclic) bond motifs is 1. The third-order valence-corrected chi connectivity index (χ3v) is 4.12. The van der Waals surface area contributed by atoms with Crippen molar-refractivity contribution in [2.45, 2.75) is 6.54 Å². The van der Waals surface area contributed by atoms with Crippen molar-refractivity contribution in [2.75, 3.05) is 0 Å². The maximum absolute atomic E-state index is 11.4. The average Bonchev–Trinajstić information content (AvgIpc) is 2.44.